The number of carbonyl (C=O) groups excluding carboxylic acids is 1. The molecular weight excluding hydrogens is 381 g/mol. The van der Waals surface area contributed by atoms with E-state index < -0.39 is 15.8 Å². The van der Waals surface area contributed by atoms with Crippen LogP contribution in [0.15, 0.2) is 48.5 Å². The third-order valence-corrected chi connectivity index (χ3v) is 6.01. The zero-order valence-corrected chi connectivity index (χ0v) is 16.8. The van der Waals surface area contributed by atoms with Crippen LogP contribution in [0.5, 0.6) is 0 Å². The number of benzene rings is 2. The molecule has 1 aliphatic rings. The highest BCUT2D eigenvalue weighted by atomic mass is 32.2. The fourth-order valence-electron chi connectivity index (χ4n) is 3.14. The second kappa shape index (κ2) is 8.28. The van der Waals surface area contributed by atoms with Gasteiger partial charge in [-0.3, -0.25) is 9.10 Å². The molecule has 2 aromatic carbocycles. The van der Waals surface area contributed by atoms with Crippen molar-refractivity contribution in [3.8, 4) is 0 Å². The van der Waals surface area contributed by atoms with Crippen molar-refractivity contribution in [1.82, 2.24) is 9.80 Å². The van der Waals surface area contributed by atoms with Crippen LogP contribution >= 0.6 is 0 Å². The molecule has 1 heterocycles. The number of amides is 1. The van der Waals surface area contributed by atoms with E-state index in [0.717, 1.165) is 23.7 Å². The Balaban J connectivity index is 1.81. The van der Waals surface area contributed by atoms with Gasteiger partial charge in [0.05, 0.1) is 18.5 Å². The summed E-state index contributed by atoms with van der Waals surface area (Å²) in [7, 11) is -1.61. The molecule has 1 amide bonds. The predicted molar refractivity (Wildman–Crippen MR) is 107 cm³/mol. The smallest absolute Gasteiger partial charge is 0.253 e. The molecule has 0 bridgehead atoms. The maximum Gasteiger partial charge on any atom is 0.253 e. The van der Waals surface area contributed by atoms with Gasteiger partial charge in [0, 0.05) is 37.3 Å². The van der Waals surface area contributed by atoms with E-state index in [2.05, 4.69) is 4.90 Å². The van der Waals surface area contributed by atoms with Gasteiger partial charge in [0.2, 0.25) is 10.0 Å². The summed E-state index contributed by atoms with van der Waals surface area (Å²) in [6.45, 7) is 2.87. The van der Waals surface area contributed by atoms with Crippen molar-refractivity contribution in [2.45, 2.75) is 6.54 Å². The first-order valence-electron chi connectivity index (χ1n) is 9.05. The average molecular weight is 405 g/mol. The van der Waals surface area contributed by atoms with Crippen molar-refractivity contribution >= 4 is 21.6 Å². The normalized spacial score (nSPS) is 15.5. The van der Waals surface area contributed by atoms with Crippen molar-refractivity contribution in [3.63, 3.8) is 0 Å². The Hall–Kier alpha value is -2.45. The molecule has 3 rings (SSSR count). The molecule has 1 fully saturated rings. The molecule has 6 nitrogen and oxygen atoms in total. The summed E-state index contributed by atoms with van der Waals surface area (Å²) < 4.78 is 39.7. The molecule has 2 aromatic rings. The monoisotopic (exact) mass is 405 g/mol. The number of rotatable bonds is 5. The minimum atomic E-state index is -3.63. The minimum absolute atomic E-state index is 0.0698. The van der Waals surface area contributed by atoms with E-state index in [1.54, 1.807) is 47.4 Å². The third kappa shape index (κ3) is 4.69. The van der Waals surface area contributed by atoms with Crippen LogP contribution in [-0.4, -0.2) is 63.6 Å². The average Bonchev–Trinajstić information content (AvgIpc) is 2.67. The SMILES string of the molecule is CN1CCN(C(=O)c2ccc(N(Cc3ccccc3F)S(C)(=O)=O)cc2)CC1. The number of hydrogen-bond donors (Lipinski definition) is 0. The van der Waals surface area contributed by atoms with Gasteiger partial charge in [-0.1, -0.05) is 18.2 Å². The molecule has 28 heavy (non-hydrogen) atoms. The lowest BCUT2D eigenvalue weighted by Gasteiger charge is -2.32. The first-order chi connectivity index (χ1) is 13.3. The van der Waals surface area contributed by atoms with Gasteiger partial charge >= 0.3 is 0 Å². The summed E-state index contributed by atoms with van der Waals surface area (Å²) in [5.41, 5.74) is 1.18. The molecule has 0 saturated carbocycles. The van der Waals surface area contributed by atoms with Gasteiger partial charge in [-0.15, -0.1) is 0 Å². The van der Waals surface area contributed by atoms with E-state index in [-0.39, 0.29) is 18.0 Å². The van der Waals surface area contributed by atoms with Gasteiger partial charge in [0.15, 0.2) is 0 Å². The predicted octanol–water partition coefficient (Wildman–Crippen LogP) is 2.18. The van der Waals surface area contributed by atoms with E-state index in [1.165, 1.54) is 6.07 Å². The molecule has 0 atom stereocenters. The number of piperazine rings is 1. The Morgan fingerprint density at radius 2 is 1.64 bits per heavy atom. The lowest BCUT2D eigenvalue weighted by Crippen LogP contribution is -2.47. The Bertz CT molecular complexity index is 939. The third-order valence-electron chi connectivity index (χ3n) is 4.86. The highest BCUT2D eigenvalue weighted by molar-refractivity contribution is 7.92. The van der Waals surface area contributed by atoms with E-state index in [9.17, 15) is 17.6 Å². The Morgan fingerprint density at radius 3 is 2.21 bits per heavy atom. The summed E-state index contributed by atoms with van der Waals surface area (Å²) in [5, 5.41) is 0. The molecule has 0 radical (unpaired) electrons. The summed E-state index contributed by atoms with van der Waals surface area (Å²) in [6, 6.07) is 12.5. The van der Waals surface area contributed by atoms with Gasteiger partial charge in [0.1, 0.15) is 5.82 Å². The molecule has 0 N–H and O–H groups in total. The Morgan fingerprint density at radius 1 is 1.04 bits per heavy atom. The van der Waals surface area contributed by atoms with Crippen LogP contribution in [0.1, 0.15) is 15.9 Å². The Kier molecular flexibility index (Phi) is 6.00. The lowest BCUT2D eigenvalue weighted by molar-refractivity contribution is 0.0664. The van der Waals surface area contributed by atoms with Crippen LogP contribution in [0.2, 0.25) is 0 Å². The first-order valence-corrected chi connectivity index (χ1v) is 10.9. The molecule has 0 unspecified atom stereocenters. The van der Waals surface area contributed by atoms with Gasteiger partial charge < -0.3 is 9.80 Å². The van der Waals surface area contributed by atoms with Crippen molar-refractivity contribution in [2.75, 3.05) is 43.8 Å². The highest BCUT2D eigenvalue weighted by Crippen LogP contribution is 2.23. The second-order valence-electron chi connectivity index (χ2n) is 7.00. The summed E-state index contributed by atoms with van der Waals surface area (Å²) >= 11 is 0. The number of carbonyl (C=O) groups is 1. The largest absolute Gasteiger partial charge is 0.336 e. The maximum atomic E-state index is 14.0. The zero-order valence-electron chi connectivity index (χ0n) is 16.0. The standard InChI is InChI=1S/C20H24FN3O3S/c1-22-11-13-23(14-12-22)20(25)16-7-9-18(10-8-16)24(28(2,26)27)15-17-5-3-4-6-19(17)21/h3-10H,11-15H2,1-2H3. The molecule has 150 valence electrons. The Labute approximate surface area is 165 Å². The van der Waals surface area contributed by atoms with Gasteiger partial charge in [-0.05, 0) is 37.4 Å². The number of anilines is 1. The van der Waals surface area contributed by atoms with Crippen LogP contribution in [0, 0.1) is 5.82 Å². The first kappa shape index (κ1) is 20.3. The van der Waals surface area contributed by atoms with E-state index in [4.69, 9.17) is 0 Å². The van der Waals surface area contributed by atoms with E-state index in [0.29, 0.717) is 24.3 Å². The fraction of sp³-hybridized carbons (Fsp3) is 0.350. The van der Waals surface area contributed by atoms with Crippen molar-refractivity contribution in [3.05, 3.63) is 65.5 Å². The quantitative estimate of drug-likeness (QED) is 0.765. The molecular formula is C20H24FN3O3S. The van der Waals surface area contributed by atoms with Crippen molar-refractivity contribution in [1.29, 1.82) is 0 Å². The van der Waals surface area contributed by atoms with E-state index >= 15 is 0 Å². The number of hydrogen-bond acceptors (Lipinski definition) is 4. The summed E-state index contributed by atoms with van der Waals surface area (Å²) in [4.78, 5) is 16.6. The number of nitrogens with zero attached hydrogens (tertiary/aromatic N) is 3. The van der Waals surface area contributed by atoms with Gasteiger partial charge in [0.25, 0.3) is 5.91 Å². The molecule has 8 heteroatoms. The van der Waals surface area contributed by atoms with E-state index in [1.807, 2.05) is 7.05 Å². The lowest BCUT2D eigenvalue weighted by atomic mass is 10.1. The van der Waals surface area contributed by atoms with Crippen LogP contribution in [0.3, 0.4) is 0 Å². The highest BCUT2D eigenvalue weighted by Gasteiger charge is 2.22. The molecule has 0 aromatic heterocycles. The topological polar surface area (TPSA) is 60.9 Å². The van der Waals surface area contributed by atoms with Crippen LogP contribution in [0.25, 0.3) is 0 Å². The fourth-order valence-corrected chi connectivity index (χ4v) is 4.02. The molecule has 0 aliphatic carbocycles. The second-order valence-corrected chi connectivity index (χ2v) is 8.91. The molecule has 1 aliphatic heterocycles. The molecule has 1 saturated heterocycles. The van der Waals surface area contributed by atoms with Crippen LogP contribution in [0.4, 0.5) is 10.1 Å². The number of sulfonamides is 1. The van der Waals surface area contributed by atoms with Crippen LogP contribution < -0.4 is 4.31 Å². The zero-order chi connectivity index (χ0) is 20.3. The summed E-state index contributed by atoms with van der Waals surface area (Å²) in [6.07, 6.45) is 1.08. The summed E-state index contributed by atoms with van der Waals surface area (Å²) in [5.74, 6) is -0.530. The van der Waals surface area contributed by atoms with Crippen LogP contribution in [-0.2, 0) is 16.6 Å². The van der Waals surface area contributed by atoms with Crippen molar-refractivity contribution in [2.24, 2.45) is 0 Å². The maximum absolute atomic E-state index is 14.0. The number of halogens is 1. The number of likely N-dealkylation sites (N-methyl/N-ethyl adjacent to an activating group) is 1. The van der Waals surface area contributed by atoms with Crippen molar-refractivity contribution < 1.29 is 17.6 Å². The van der Waals surface area contributed by atoms with Gasteiger partial charge in [-0.2, -0.15) is 0 Å². The molecule has 0 spiro atoms. The minimum Gasteiger partial charge on any atom is -0.336 e. The van der Waals surface area contributed by atoms with Gasteiger partial charge in [-0.25, -0.2) is 12.8 Å².